The summed E-state index contributed by atoms with van der Waals surface area (Å²) >= 11 is 0. The second-order valence-corrected chi connectivity index (χ2v) is 2.53. The van der Waals surface area contributed by atoms with Gasteiger partial charge in [-0.3, -0.25) is 0 Å². The first kappa shape index (κ1) is 7.85. The van der Waals surface area contributed by atoms with E-state index < -0.39 is 6.67 Å². The van der Waals surface area contributed by atoms with Crippen molar-refractivity contribution in [2.45, 2.75) is 6.67 Å². The molecule has 2 aromatic rings. The van der Waals surface area contributed by atoms with Gasteiger partial charge in [0.2, 0.25) is 5.82 Å². The zero-order chi connectivity index (χ0) is 9.10. The van der Waals surface area contributed by atoms with Gasteiger partial charge in [-0.25, -0.2) is 4.39 Å². The molecule has 0 fully saturated rings. The van der Waals surface area contributed by atoms with Crippen molar-refractivity contribution < 1.29 is 4.39 Å². The first-order valence-electron chi connectivity index (χ1n) is 3.79. The fourth-order valence-electron chi connectivity index (χ4n) is 1.13. The molecule has 1 heterocycles. The quantitative estimate of drug-likeness (QED) is 0.754. The molecule has 0 unspecified atom stereocenters. The molecule has 0 aliphatic heterocycles. The Kier molecular flexibility index (Phi) is 1.99. The van der Waals surface area contributed by atoms with Crippen LogP contribution in [0.5, 0.6) is 0 Å². The van der Waals surface area contributed by atoms with E-state index in [2.05, 4.69) is 20.6 Å². The molecule has 0 saturated heterocycles. The Labute approximate surface area is 73.8 Å². The first-order chi connectivity index (χ1) is 6.42. The Morgan fingerprint density at radius 3 is 2.85 bits per heavy atom. The molecule has 66 valence electrons. The molecular formula is C8H7FN4. The zero-order valence-electron chi connectivity index (χ0n) is 6.74. The molecule has 5 heteroatoms. The van der Waals surface area contributed by atoms with Crippen molar-refractivity contribution in [3.63, 3.8) is 0 Å². The zero-order valence-corrected chi connectivity index (χ0v) is 6.74. The molecule has 0 bridgehead atoms. The number of nitrogens with zero attached hydrogens (tertiary/aromatic N) is 3. The van der Waals surface area contributed by atoms with Crippen LogP contribution in [0.15, 0.2) is 24.3 Å². The maximum Gasteiger partial charge on any atom is 0.205 e. The summed E-state index contributed by atoms with van der Waals surface area (Å²) in [4.78, 5) is 0. The average molecular weight is 178 g/mol. The van der Waals surface area contributed by atoms with Crippen LogP contribution in [0.2, 0.25) is 0 Å². The summed E-state index contributed by atoms with van der Waals surface area (Å²) in [6.45, 7) is -0.523. The number of H-pyrrole nitrogens is 1. The number of alkyl halides is 1. The average Bonchev–Trinajstić information content (AvgIpc) is 2.70. The Balaban J connectivity index is 2.51. The number of hydrogen-bond acceptors (Lipinski definition) is 3. The second-order valence-electron chi connectivity index (χ2n) is 2.53. The van der Waals surface area contributed by atoms with Gasteiger partial charge in [0.1, 0.15) is 6.67 Å². The molecule has 1 aromatic carbocycles. The fraction of sp³-hybridized carbons (Fsp3) is 0.125. The minimum Gasteiger partial charge on any atom is -0.246 e. The van der Waals surface area contributed by atoms with Gasteiger partial charge in [-0.05, 0) is 10.8 Å². The predicted molar refractivity (Wildman–Crippen MR) is 44.4 cm³/mol. The Hall–Kier alpha value is -1.78. The molecule has 0 spiro atoms. The molecular weight excluding hydrogens is 171 g/mol. The van der Waals surface area contributed by atoms with Crippen molar-refractivity contribution >= 4 is 0 Å². The van der Waals surface area contributed by atoms with Crippen LogP contribution in [-0.4, -0.2) is 20.6 Å². The van der Waals surface area contributed by atoms with E-state index in [1.165, 1.54) is 0 Å². The van der Waals surface area contributed by atoms with E-state index in [1.54, 1.807) is 18.2 Å². The lowest BCUT2D eigenvalue weighted by atomic mass is 10.1. The fourth-order valence-corrected chi connectivity index (χ4v) is 1.13. The van der Waals surface area contributed by atoms with Gasteiger partial charge >= 0.3 is 0 Å². The molecule has 1 N–H and O–H groups in total. The van der Waals surface area contributed by atoms with Crippen LogP contribution in [0, 0.1) is 0 Å². The predicted octanol–water partition coefficient (Wildman–Crippen LogP) is 1.34. The minimum absolute atomic E-state index is 0.424. The molecule has 13 heavy (non-hydrogen) atoms. The van der Waals surface area contributed by atoms with Gasteiger partial charge in [0.05, 0.1) is 0 Å². The lowest BCUT2D eigenvalue weighted by Crippen LogP contribution is -1.88. The summed E-state index contributed by atoms with van der Waals surface area (Å²) in [5.74, 6) is 0.424. The summed E-state index contributed by atoms with van der Waals surface area (Å²) in [6.07, 6.45) is 0. The van der Waals surface area contributed by atoms with Crippen LogP contribution >= 0.6 is 0 Å². The number of tetrazole rings is 1. The number of hydrogen-bond donors (Lipinski definition) is 1. The molecule has 0 atom stereocenters. The summed E-state index contributed by atoms with van der Waals surface area (Å²) in [7, 11) is 0. The van der Waals surface area contributed by atoms with Crippen LogP contribution in [0.3, 0.4) is 0 Å². The molecule has 1 aromatic heterocycles. The normalized spacial score (nSPS) is 10.2. The number of aromatic nitrogens is 4. The van der Waals surface area contributed by atoms with Crippen molar-refractivity contribution in [1.82, 2.24) is 20.6 Å². The summed E-state index contributed by atoms with van der Waals surface area (Å²) in [6, 6.07) is 7.05. The van der Waals surface area contributed by atoms with E-state index in [-0.39, 0.29) is 0 Å². The summed E-state index contributed by atoms with van der Waals surface area (Å²) in [5, 5.41) is 13.3. The Bertz CT molecular complexity index is 385. The van der Waals surface area contributed by atoms with Gasteiger partial charge in [-0.2, -0.15) is 5.21 Å². The van der Waals surface area contributed by atoms with Gasteiger partial charge in [-0.15, -0.1) is 10.2 Å². The summed E-state index contributed by atoms with van der Waals surface area (Å²) in [5.41, 5.74) is 1.25. The summed E-state index contributed by atoms with van der Waals surface area (Å²) < 4.78 is 12.5. The van der Waals surface area contributed by atoms with Gasteiger partial charge in [0.25, 0.3) is 0 Å². The smallest absolute Gasteiger partial charge is 0.205 e. The Morgan fingerprint density at radius 1 is 1.31 bits per heavy atom. The van der Waals surface area contributed by atoms with Crippen molar-refractivity contribution in [2.75, 3.05) is 0 Å². The van der Waals surface area contributed by atoms with E-state index in [4.69, 9.17) is 0 Å². The third-order valence-corrected chi connectivity index (χ3v) is 1.75. The van der Waals surface area contributed by atoms with E-state index in [9.17, 15) is 4.39 Å². The monoisotopic (exact) mass is 178 g/mol. The van der Waals surface area contributed by atoms with Crippen molar-refractivity contribution in [3.8, 4) is 11.4 Å². The van der Waals surface area contributed by atoms with E-state index in [0.717, 1.165) is 0 Å². The van der Waals surface area contributed by atoms with Crippen LogP contribution < -0.4 is 0 Å². The SMILES string of the molecule is FCc1ccccc1-c1nn[nH]n1. The van der Waals surface area contributed by atoms with Crippen LogP contribution in [-0.2, 0) is 6.67 Å². The van der Waals surface area contributed by atoms with Crippen molar-refractivity contribution in [2.24, 2.45) is 0 Å². The second kappa shape index (κ2) is 3.30. The highest BCUT2D eigenvalue weighted by Crippen LogP contribution is 2.19. The molecule has 0 radical (unpaired) electrons. The third kappa shape index (κ3) is 1.40. The maximum absolute atomic E-state index is 12.5. The first-order valence-corrected chi connectivity index (χ1v) is 3.79. The highest BCUT2D eigenvalue weighted by Gasteiger charge is 2.07. The molecule has 0 saturated carbocycles. The molecule has 0 amide bonds. The standard InChI is InChI=1S/C8H7FN4/c9-5-6-3-1-2-4-7(6)8-10-12-13-11-8/h1-4H,5H2,(H,10,11,12,13). The van der Waals surface area contributed by atoms with Crippen LogP contribution in [0.4, 0.5) is 4.39 Å². The molecule has 0 aliphatic carbocycles. The molecule has 2 rings (SSSR count). The molecule has 4 nitrogen and oxygen atoms in total. The lowest BCUT2D eigenvalue weighted by molar-refractivity contribution is 0.486. The van der Waals surface area contributed by atoms with Gasteiger partial charge in [0, 0.05) is 5.56 Å². The van der Waals surface area contributed by atoms with E-state index in [0.29, 0.717) is 17.0 Å². The molecule has 0 aliphatic rings. The Morgan fingerprint density at radius 2 is 2.15 bits per heavy atom. The maximum atomic E-state index is 12.5. The number of aromatic amines is 1. The van der Waals surface area contributed by atoms with Crippen molar-refractivity contribution in [1.29, 1.82) is 0 Å². The highest BCUT2D eigenvalue weighted by molar-refractivity contribution is 5.58. The van der Waals surface area contributed by atoms with Gasteiger partial charge < -0.3 is 0 Å². The third-order valence-electron chi connectivity index (χ3n) is 1.75. The topological polar surface area (TPSA) is 54.5 Å². The number of benzene rings is 1. The van der Waals surface area contributed by atoms with E-state index in [1.807, 2.05) is 6.07 Å². The van der Waals surface area contributed by atoms with Crippen LogP contribution in [0.1, 0.15) is 5.56 Å². The largest absolute Gasteiger partial charge is 0.246 e. The van der Waals surface area contributed by atoms with E-state index >= 15 is 0 Å². The number of nitrogens with one attached hydrogen (secondary N) is 1. The van der Waals surface area contributed by atoms with Gasteiger partial charge in [0.15, 0.2) is 0 Å². The lowest BCUT2D eigenvalue weighted by Gasteiger charge is -1.99. The highest BCUT2D eigenvalue weighted by atomic mass is 19.1. The van der Waals surface area contributed by atoms with Gasteiger partial charge in [-0.1, -0.05) is 24.3 Å². The number of rotatable bonds is 2. The number of halogens is 1. The van der Waals surface area contributed by atoms with Crippen molar-refractivity contribution in [3.05, 3.63) is 29.8 Å². The van der Waals surface area contributed by atoms with Crippen LogP contribution in [0.25, 0.3) is 11.4 Å². The minimum atomic E-state index is -0.523.